The van der Waals surface area contributed by atoms with Gasteiger partial charge in [-0.25, -0.2) is 0 Å². The molecule has 2 aliphatic rings. The summed E-state index contributed by atoms with van der Waals surface area (Å²) in [5, 5.41) is 0. The van der Waals surface area contributed by atoms with Gasteiger partial charge in [0.1, 0.15) is 10.7 Å². The summed E-state index contributed by atoms with van der Waals surface area (Å²) in [5.74, 6) is 1.25. The quantitative estimate of drug-likeness (QED) is 0.547. The van der Waals surface area contributed by atoms with Crippen molar-refractivity contribution in [1.82, 2.24) is 9.80 Å². The Morgan fingerprint density at radius 2 is 1.91 bits per heavy atom. The van der Waals surface area contributed by atoms with Crippen LogP contribution >= 0.6 is 11.3 Å². The predicted octanol–water partition coefficient (Wildman–Crippen LogP) is 4.04. The fourth-order valence-corrected chi connectivity index (χ4v) is 6.61. The minimum Gasteiger partial charge on any atom is -0.467 e. The second-order valence-corrected chi connectivity index (χ2v) is 11.4. The zero-order chi connectivity index (χ0) is 23.0. The van der Waals surface area contributed by atoms with Gasteiger partial charge in [0.05, 0.1) is 19.4 Å². The Kier molecular flexibility index (Phi) is 5.84. The first-order chi connectivity index (χ1) is 15.9. The number of nitrogens with zero attached hydrogens (tertiary/aromatic N) is 3. The lowest BCUT2D eigenvalue weighted by atomic mass is 9.94. The summed E-state index contributed by atoms with van der Waals surface area (Å²) in [6, 6.07) is 14.8. The van der Waals surface area contributed by atoms with Crippen LogP contribution in [0, 0.1) is 12.8 Å². The number of likely N-dealkylation sites (tertiary alicyclic amines) is 1. The van der Waals surface area contributed by atoms with Gasteiger partial charge in [-0.1, -0.05) is 12.1 Å². The molecule has 33 heavy (non-hydrogen) atoms. The minimum absolute atomic E-state index is 0.110. The van der Waals surface area contributed by atoms with Crippen molar-refractivity contribution >= 4 is 33.1 Å². The molecule has 0 N–H and O–H groups in total. The van der Waals surface area contributed by atoms with Crippen molar-refractivity contribution < 1.29 is 17.6 Å². The van der Waals surface area contributed by atoms with E-state index >= 15 is 0 Å². The van der Waals surface area contributed by atoms with E-state index in [9.17, 15) is 13.2 Å². The van der Waals surface area contributed by atoms with E-state index in [4.69, 9.17) is 4.42 Å². The summed E-state index contributed by atoms with van der Waals surface area (Å²) in [4.78, 5) is 20.0. The third kappa shape index (κ3) is 4.47. The molecule has 5 rings (SSSR count). The minimum atomic E-state index is -3.65. The van der Waals surface area contributed by atoms with Gasteiger partial charge in [0, 0.05) is 34.3 Å². The summed E-state index contributed by atoms with van der Waals surface area (Å²) >= 11 is 1.70. The normalized spacial score (nSPS) is 17.6. The maximum Gasteiger partial charge on any atom is 0.285 e. The van der Waals surface area contributed by atoms with E-state index in [0.29, 0.717) is 50.4 Å². The number of piperidine rings is 1. The Morgan fingerprint density at radius 1 is 1.12 bits per heavy atom. The summed E-state index contributed by atoms with van der Waals surface area (Å²) < 4.78 is 34.4. The van der Waals surface area contributed by atoms with Crippen molar-refractivity contribution in [2.24, 2.45) is 10.3 Å². The highest BCUT2D eigenvalue weighted by atomic mass is 32.2. The van der Waals surface area contributed by atoms with E-state index in [1.807, 2.05) is 28.0 Å². The number of fused-ring (bicyclic) bond motifs is 1. The Morgan fingerprint density at radius 3 is 2.61 bits per heavy atom. The first kappa shape index (κ1) is 21.9. The van der Waals surface area contributed by atoms with E-state index in [0.717, 1.165) is 10.6 Å². The van der Waals surface area contributed by atoms with Crippen LogP contribution in [0.1, 0.15) is 33.9 Å². The second kappa shape index (κ2) is 8.79. The SMILES string of the molecule is Cc1ccc(CN(Cc2ccco2)C(=O)C2CCN(C3=NS(=O)(=O)c4ccccc43)CC2)s1. The largest absolute Gasteiger partial charge is 0.467 e. The lowest BCUT2D eigenvalue weighted by Crippen LogP contribution is -2.44. The lowest BCUT2D eigenvalue weighted by Gasteiger charge is -2.35. The molecule has 172 valence electrons. The lowest BCUT2D eigenvalue weighted by molar-refractivity contribution is -0.138. The van der Waals surface area contributed by atoms with Gasteiger partial charge in [0.2, 0.25) is 5.91 Å². The van der Waals surface area contributed by atoms with Gasteiger partial charge in [-0.05, 0) is 56.2 Å². The van der Waals surface area contributed by atoms with Crippen molar-refractivity contribution in [2.45, 2.75) is 37.8 Å². The molecule has 0 saturated carbocycles. The summed E-state index contributed by atoms with van der Waals surface area (Å²) in [7, 11) is -3.65. The Balaban J connectivity index is 1.29. The third-order valence-corrected chi connectivity index (χ3v) is 8.45. The number of carbonyl (C=O) groups excluding carboxylic acids is 1. The number of aryl methyl sites for hydroxylation is 1. The summed E-state index contributed by atoms with van der Waals surface area (Å²) in [6.45, 7) is 4.22. The Hall–Kier alpha value is -2.91. The highest BCUT2D eigenvalue weighted by Crippen LogP contribution is 2.30. The molecule has 1 saturated heterocycles. The van der Waals surface area contributed by atoms with E-state index < -0.39 is 10.0 Å². The summed E-state index contributed by atoms with van der Waals surface area (Å²) in [5.41, 5.74) is 0.648. The molecular formula is C24H25N3O4S2. The van der Waals surface area contributed by atoms with Crippen LogP contribution in [0.4, 0.5) is 0 Å². The fourth-order valence-electron chi connectivity index (χ4n) is 4.47. The van der Waals surface area contributed by atoms with E-state index in [2.05, 4.69) is 23.5 Å². The smallest absolute Gasteiger partial charge is 0.285 e. The predicted molar refractivity (Wildman–Crippen MR) is 126 cm³/mol. The number of hydrogen-bond donors (Lipinski definition) is 0. The van der Waals surface area contributed by atoms with Gasteiger partial charge in [-0.2, -0.15) is 8.42 Å². The van der Waals surface area contributed by atoms with E-state index in [1.54, 1.807) is 35.8 Å². The number of sulfonamides is 1. The molecule has 1 amide bonds. The van der Waals surface area contributed by atoms with Gasteiger partial charge < -0.3 is 14.2 Å². The van der Waals surface area contributed by atoms with Crippen LogP contribution in [0.2, 0.25) is 0 Å². The molecule has 0 atom stereocenters. The van der Waals surface area contributed by atoms with Crippen LogP contribution in [-0.2, 0) is 27.9 Å². The number of hydrogen-bond acceptors (Lipinski definition) is 6. The Bertz CT molecular complexity index is 1290. The molecule has 0 aliphatic carbocycles. The van der Waals surface area contributed by atoms with Crippen LogP contribution in [-0.4, -0.2) is 43.0 Å². The number of thiophene rings is 1. The molecule has 0 spiro atoms. The number of carbonyl (C=O) groups is 1. The van der Waals surface area contributed by atoms with Crippen molar-refractivity contribution in [1.29, 1.82) is 0 Å². The highest BCUT2D eigenvalue weighted by molar-refractivity contribution is 7.90. The fraction of sp³-hybridized carbons (Fsp3) is 0.333. The van der Waals surface area contributed by atoms with Crippen LogP contribution in [0.5, 0.6) is 0 Å². The molecule has 1 fully saturated rings. The maximum atomic E-state index is 13.5. The number of furan rings is 1. The average Bonchev–Trinajstić information content (AvgIpc) is 3.54. The highest BCUT2D eigenvalue weighted by Gasteiger charge is 2.35. The number of rotatable bonds is 5. The van der Waals surface area contributed by atoms with Gasteiger partial charge in [-0.15, -0.1) is 15.7 Å². The molecule has 3 aromatic rings. The monoisotopic (exact) mass is 483 g/mol. The molecule has 1 aromatic carbocycles. The molecule has 2 aromatic heterocycles. The summed E-state index contributed by atoms with van der Waals surface area (Å²) in [6.07, 6.45) is 2.93. The van der Waals surface area contributed by atoms with Crippen LogP contribution in [0.3, 0.4) is 0 Å². The molecule has 0 radical (unpaired) electrons. The number of benzene rings is 1. The van der Waals surface area contributed by atoms with Crippen LogP contribution in [0.15, 0.2) is 68.5 Å². The molecule has 2 aliphatic heterocycles. The molecule has 0 bridgehead atoms. The van der Waals surface area contributed by atoms with Crippen LogP contribution < -0.4 is 0 Å². The van der Waals surface area contributed by atoms with Gasteiger partial charge in [0.25, 0.3) is 10.0 Å². The van der Waals surface area contributed by atoms with Gasteiger partial charge in [-0.3, -0.25) is 4.79 Å². The number of amides is 1. The standard InChI is InChI=1S/C24H25N3O4S2/c1-17-8-9-20(32-17)16-27(15-19-5-4-14-31-19)24(28)18-10-12-26(13-11-18)23-21-6-2-3-7-22(21)33(29,30)25-23/h2-9,14,18H,10-13,15-16H2,1H3. The maximum absolute atomic E-state index is 13.5. The Labute approximate surface area is 197 Å². The second-order valence-electron chi connectivity index (χ2n) is 8.43. The van der Waals surface area contributed by atoms with E-state index in [-0.39, 0.29) is 16.7 Å². The molecule has 0 unspecified atom stereocenters. The molecule has 9 heteroatoms. The van der Waals surface area contributed by atoms with Gasteiger partial charge in [0.15, 0.2) is 5.84 Å². The van der Waals surface area contributed by atoms with Crippen molar-refractivity contribution in [3.05, 3.63) is 75.9 Å². The van der Waals surface area contributed by atoms with Crippen molar-refractivity contribution in [2.75, 3.05) is 13.1 Å². The zero-order valence-corrected chi connectivity index (χ0v) is 19.9. The topological polar surface area (TPSA) is 83.2 Å². The third-order valence-electron chi connectivity index (χ3n) is 6.14. The van der Waals surface area contributed by atoms with Crippen molar-refractivity contribution in [3.63, 3.8) is 0 Å². The first-order valence-electron chi connectivity index (χ1n) is 11.0. The molecule has 7 nitrogen and oxygen atoms in total. The zero-order valence-electron chi connectivity index (χ0n) is 18.3. The van der Waals surface area contributed by atoms with Gasteiger partial charge >= 0.3 is 0 Å². The van der Waals surface area contributed by atoms with Crippen LogP contribution in [0.25, 0.3) is 0 Å². The van der Waals surface area contributed by atoms with E-state index in [1.165, 1.54) is 4.88 Å². The molecule has 4 heterocycles. The molecular weight excluding hydrogens is 458 g/mol. The van der Waals surface area contributed by atoms with Crippen molar-refractivity contribution in [3.8, 4) is 0 Å². The number of amidine groups is 1. The average molecular weight is 484 g/mol. The first-order valence-corrected chi connectivity index (χ1v) is 13.2.